The van der Waals surface area contributed by atoms with Crippen LogP contribution in [0.4, 0.5) is 22.2 Å². The molecule has 0 radical (unpaired) electrons. The second kappa shape index (κ2) is 27.1. The molecule has 6 aromatic heterocycles. The highest BCUT2D eigenvalue weighted by atomic mass is 35.5. The summed E-state index contributed by atoms with van der Waals surface area (Å²) < 4.78 is 109. The maximum Gasteiger partial charge on any atom is 0.410 e. The van der Waals surface area contributed by atoms with E-state index in [-0.39, 0.29) is 52.5 Å². The quantitative estimate of drug-likeness (QED) is 0.131. The predicted molar refractivity (Wildman–Crippen MR) is 348 cm³/mol. The molecule has 0 spiro atoms. The number of pyridine rings is 2. The Morgan fingerprint density at radius 3 is 1.57 bits per heavy atom. The predicted octanol–water partition coefficient (Wildman–Crippen LogP) is 10.4. The minimum Gasteiger partial charge on any atom is -0.444 e. The third-order valence-corrected chi connectivity index (χ3v) is 22.8. The molecule has 2 aromatic carbocycles. The molecule has 12 rings (SSSR count). The second-order valence-electron chi connectivity index (χ2n) is 23.1. The van der Waals surface area contributed by atoms with Crippen molar-refractivity contribution in [3.63, 3.8) is 0 Å². The summed E-state index contributed by atoms with van der Waals surface area (Å²) in [4.78, 5) is 45.3. The van der Waals surface area contributed by atoms with E-state index in [1.165, 1.54) is 25.2 Å². The molecule has 0 aliphatic carbocycles. The van der Waals surface area contributed by atoms with E-state index in [9.17, 15) is 30.0 Å². The molecule has 0 bridgehead atoms. The van der Waals surface area contributed by atoms with Crippen LogP contribution in [0, 0.1) is 18.6 Å². The summed E-state index contributed by atoms with van der Waals surface area (Å²) in [5, 5.41) is 1.53. The van der Waals surface area contributed by atoms with Gasteiger partial charge in [-0.05, 0) is 110 Å². The maximum atomic E-state index is 13.5. The van der Waals surface area contributed by atoms with Gasteiger partial charge in [0.15, 0.2) is 28.8 Å². The highest BCUT2D eigenvalue weighted by Gasteiger charge is 2.30. The number of hydrogen-bond donors (Lipinski definition) is 1. The molecule has 0 unspecified atom stereocenters. The Morgan fingerprint density at radius 2 is 1.11 bits per heavy atom. The molecule has 1 N–H and O–H groups in total. The molecule has 4 fully saturated rings. The van der Waals surface area contributed by atoms with Crippen molar-refractivity contribution in [1.29, 1.82) is 4.78 Å². The third-order valence-electron chi connectivity index (χ3n) is 15.2. The van der Waals surface area contributed by atoms with Gasteiger partial charge in [-0.25, -0.2) is 67.9 Å². The van der Waals surface area contributed by atoms with Crippen LogP contribution in [-0.2, 0) is 53.7 Å². The molecule has 4 saturated heterocycles. The van der Waals surface area contributed by atoms with Crippen LogP contribution in [0.2, 0.25) is 5.15 Å². The first-order valence-electron chi connectivity index (χ1n) is 28.9. The van der Waals surface area contributed by atoms with E-state index in [2.05, 4.69) is 38.6 Å². The normalized spacial score (nSPS) is 18.6. The highest BCUT2D eigenvalue weighted by molar-refractivity contribution is 7.93. The average Bonchev–Trinajstić information content (AvgIpc) is 1.72. The Hall–Kier alpha value is -7.14. The van der Waals surface area contributed by atoms with Crippen molar-refractivity contribution in [1.82, 2.24) is 42.7 Å². The number of carbonyl (C=O) groups is 1. The van der Waals surface area contributed by atoms with E-state index >= 15 is 0 Å². The number of anilines is 2. The Labute approximate surface area is 526 Å². The fraction of sp³-hybridized carbons (Fsp3) is 0.426. The summed E-state index contributed by atoms with van der Waals surface area (Å²) >= 11 is 6.36. The van der Waals surface area contributed by atoms with Crippen molar-refractivity contribution in [3.8, 4) is 22.8 Å². The number of hydrogen-bond acceptors (Lipinski definition) is 20. The summed E-state index contributed by atoms with van der Waals surface area (Å²) in [6.07, 6.45) is 8.60. The Morgan fingerprint density at radius 1 is 0.652 bits per heavy atom. The molecule has 1 amide bonds. The fourth-order valence-corrected chi connectivity index (χ4v) is 16.6. The highest BCUT2D eigenvalue weighted by Crippen LogP contribution is 2.35. The molecule has 23 nitrogen and oxygen atoms in total. The van der Waals surface area contributed by atoms with Crippen LogP contribution in [-0.4, -0.2) is 167 Å². The van der Waals surface area contributed by atoms with Gasteiger partial charge in [0.05, 0.1) is 58.0 Å². The van der Waals surface area contributed by atoms with Gasteiger partial charge in [-0.1, -0.05) is 60.8 Å². The summed E-state index contributed by atoms with van der Waals surface area (Å²) in [6, 6.07) is 24.2. The molecule has 89 heavy (non-hydrogen) atoms. The second-order valence-corrected chi connectivity index (χ2v) is 32.1. The van der Waals surface area contributed by atoms with Crippen LogP contribution in [0.1, 0.15) is 72.4 Å². The van der Waals surface area contributed by atoms with Gasteiger partial charge in [-0.15, -0.1) is 0 Å². The van der Waals surface area contributed by atoms with Crippen LogP contribution in [0.5, 0.6) is 0 Å². The van der Waals surface area contributed by atoms with Crippen LogP contribution < -0.4 is 9.80 Å². The Kier molecular flexibility index (Phi) is 20.2. The smallest absolute Gasteiger partial charge is 0.410 e. The Balaban J connectivity index is 0.000000173. The molecular weight excluding hydrogens is 1240 g/mol. The van der Waals surface area contributed by atoms with Crippen molar-refractivity contribution in [2.75, 3.05) is 85.4 Å². The van der Waals surface area contributed by atoms with Gasteiger partial charge in [-0.2, -0.15) is 4.36 Å². The van der Waals surface area contributed by atoms with Gasteiger partial charge >= 0.3 is 6.09 Å². The van der Waals surface area contributed by atoms with Crippen molar-refractivity contribution < 1.29 is 44.3 Å². The zero-order valence-electron chi connectivity index (χ0n) is 50.1. The van der Waals surface area contributed by atoms with E-state index in [0.29, 0.717) is 126 Å². The summed E-state index contributed by atoms with van der Waals surface area (Å²) in [7, 11) is -12.5. The molecule has 28 heteroatoms. The topological polar surface area (TPSA) is 280 Å². The number of ether oxygens (including phenoxy) is 3. The first-order valence-corrected chi connectivity index (χ1v) is 35.9. The standard InChI is InChI=1S/C28H32N6O4S2.C23H22ClN5O3S.C9H18N2O3S.CH4/c1-20-6-8-22(9-7-20)40(36,37)34-13-11-24-23(10-12-29-28(24)34)27-30-25(32-39(35)16-4-3-5-17-39)18-26(31-27)33-14-15-38-19-21(33)2;1-15-3-5-17(6-4-15)33(30,31)29-10-8-19-18(7-9-25-23(19)29)22-26-20(24)13-21(27-22)28-11-12-32-14-16(28)2;1-9(2,3)14-8(12)11-4-6-15(10,13)7-5-11;/h6-13,18,21H,3-5,14-17,19H2,1-2H3;3-10,13,16H,11-12,14H2,1-2H3;10H,4-7H2,1-3H3;1H4/t21-;16-;;/m11../s1. The van der Waals surface area contributed by atoms with Crippen LogP contribution in [0.15, 0.2) is 124 Å². The SMILES string of the molecule is C.CC(C)(C)OC(=O)N1CCS(=N)(=O)CC1.Cc1ccc(S(=O)(=O)n2ccc3c(-c4nc(Cl)cc(N5CCOC[C@H]5C)n4)ccnc32)cc1.Cc1ccc(S(=O)(=O)n2ccc3c(-c4nc(N=S5(=O)CCCCC5)cc(N5CCOC[C@H]5C)n4)ccnc32)cc1. The van der Waals surface area contributed by atoms with Gasteiger partial charge < -0.3 is 28.9 Å². The number of aryl methyl sites for hydroxylation is 2. The molecule has 476 valence electrons. The molecule has 0 saturated carbocycles. The number of carbonyl (C=O) groups excluding carboxylic acids is 1. The van der Waals surface area contributed by atoms with Gasteiger partial charge in [-0.3, -0.25) is 4.78 Å². The zero-order valence-corrected chi connectivity index (χ0v) is 54.1. The minimum absolute atomic E-state index is 0. The lowest BCUT2D eigenvalue weighted by Gasteiger charge is -2.34. The van der Waals surface area contributed by atoms with Gasteiger partial charge in [0.1, 0.15) is 22.4 Å². The first-order chi connectivity index (χ1) is 41.8. The molecular formula is C61H76ClN13O10S4. The number of nitrogens with one attached hydrogen (secondary N) is 1. The number of halogens is 1. The summed E-state index contributed by atoms with van der Waals surface area (Å²) in [6.45, 7) is 17.8. The molecule has 10 heterocycles. The monoisotopic (exact) mass is 1310 g/mol. The zero-order chi connectivity index (χ0) is 62.8. The van der Waals surface area contributed by atoms with E-state index in [1.807, 2.05) is 34.6 Å². The van der Waals surface area contributed by atoms with Crippen molar-refractivity contribution in [2.45, 2.75) is 103 Å². The van der Waals surface area contributed by atoms with Gasteiger partial charge in [0, 0.05) is 118 Å². The molecule has 4 aliphatic heterocycles. The summed E-state index contributed by atoms with van der Waals surface area (Å²) in [5.41, 5.74) is 3.32. The first kappa shape index (κ1) is 66.3. The lowest BCUT2D eigenvalue weighted by molar-refractivity contribution is 0.0268. The average molecular weight is 1320 g/mol. The lowest BCUT2D eigenvalue weighted by atomic mass is 10.1. The van der Waals surface area contributed by atoms with Crippen molar-refractivity contribution in [3.05, 3.63) is 126 Å². The van der Waals surface area contributed by atoms with E-state index in [1.54, 1.807) is 97.3 Å². The van der Waals surface area contributed by atoms with E-state index in [4.69, 9.17) is 49.9 Å². The molecule has 2 atom stereocenters. The summed E-state index contributed by atoms with van der Waals surface area (Å²) in [5.74, 6) is 4.19. The largest absolute Gasteiger partial charge is 0.444 e. The fourth-order valence-electron chi connectivity index (χ4n) is 10.4. The number of aromatic nitrogens is 8. The number of rotatable bonds is 9. The van der Waals surface area contributed by atoms with Crippen molar-refractivity contribution in [2.24, 2.45) is 4.36 Å². The number of nitrogens with zero attached hydrogens (tertiary/aromatic N) is 12. The lowest BCUT2D eigenvalue weighted by Crippen LogP contribution is -2.45. The van der Waals surface area contributed by atoms with E-state index in [0.717, 1.165) is 30.4 Å². The van der Waals surface area contributed by atoms with Crippen LogP contribution >= 0.6 is 11.6 Å². The molecule has 4 aliphatic rings. The number of benzene rings is 2. The number of amides is 1. The van der Waals surface area contributed by atoms with Crippen molar-refractivity contribution >= 4 is 96.7 Å². The van der Waals surface area contributed by atoms with Gasteiger partial charge in [0.2, 0.25) is 0 Å². The number of morpholine rings is 2. The number of fused-ring (bicyclic) bond motifs is 2. The van der Waals surface area contributed by atoms with Crippen LogP contribution in [0.3, 0.4) is 0 Å². The maximum absolute atomic E-state index is 13.5. The van der Waals surface area contributed by atoms with E-state index < -0.39 is 45.1 Å². The Bertz CT molecular complexity index is 4340. The molecule has 8 aromatic rings. The van der Waals surface area contributed by atoms with Gasteiger partial charge in [0.25, 0.3) is 20.0 Å². The minimum atomic E-state index is -3.87. The van der Waals surface area contributed by atoms with Crippen LogP contribution in [0.25, 0.3) is 44.8 Å². The third kappa shape index (κ3) is 15.4.